The summed E-state index contributed by atoms with van der Waals surface area (Å²) < 4.78 is 9.82. The highest BCUT2D eigenvalue weighted by Gasteiger charge is 2.22. The number of benzene rings is 16. The average Bonchev–Trinajstić information content (AvgIpc) is 1.26. The molecule has 4 nitrogen and oxygen atoms in total. The third-order valence-corrected chi connectivity index (χ3v) is 20.1. The van der Waals surface area contributed by atoms with Gasteiger partial charge in [-0.3, -0.25) is 0 Å². The summed E-state index contributed by atoms with van der Waals surface area (Å²) in [4.78, 5) is 0. The van der Waals surface area contributed by atoms with Crippen LogP contribution in [0.4, 0.5) is 0 Å². The second-order valence-corrected chi connectivity index (χ2v) is 25.2. The number of nitrogens with zero attached hydrogens (tertiary/aromatic N) is 4. The van der Waals surface area contributed by atoms with Crippen molar-refractivity contribution < 1.29 is 0 Å². The zero-order valence-electron chi connectivity index (χ0n) is 51.1. The second kappa shape index (κ2) is 20.5. The Kier molecular flexibility index (Phi) is 11.4. The Morgan fingerprint density at radius 2 is 0.394 bits per heavy atom. The summed E-state index contributed by atoms with van der Waals surface area (Å²) in [5.41, 5.74) is 23.4. The van der Waals surface area contributed by atoms with Crippen LogP contribution in [0, 0.1) is 0 Å². The molecule has 436 valence electrons. The van der Waals surface area contributed by atoms with E-state index >= 15 is 0 Å². The topological polar surface area (TPSA) is 19.7 Å². The van der Waals surface area contributed by atoms with E-state index in [4.69, 9.17) is 0 Å². The maximum atomic E-state index is 2.49. The maximum Gasteiger partial charge on any atom is 0.0547 e. The van der Waals surface area contributed by atoms with Crippen LogP contribution in [-0.4, -0.2) is 18.3 Å². The van der Waals surface area contributed by atoms with Crippen molar-refractivity contribution in [1.82, 2.24) is 18.3 Å². The number of hydrogen-bond donors (Lipinski definition) is 0. The Labute approximate surface area is 541 Å². The Morgan fingerprint density at radius 1 is 0.117 bits per heavy atom. The minimum atomic E-state index is 1.11. The van der Waals surface area contributed by atoms with Crippen molar-refractivity contribution in [3.05, 3.63) is 340 Å². The average molecular weight is 1190 g/mol. The molecule has 0 amide bonds. The number of aromatic nitrogens is 4. The first-order valence-electron chi connectivity index (χ1n) is 32.5. The van der Waals surface area contributed by atoms with E-state index in [1.54, 1.807) is 0 Å². The smallest absolute Gasteiger partial charge is 0.0547 e. The van der Waals surface area contributed by atoms with Gasteiger partial charge in [-0.15, -0.1) is 0 Å². The summed E-state index contributed by atoms with van der Waals surface area (Å²) in [6.07, 6.45) is 0. The lowest BCUT2D eigenvalue weighted by Crippen LogP contribution is -1.96. The van der Waals surface area contributed by atoms with Crippen molar-refractivity contribution in [2.45, 2.75) is 0 Å². The van der Waals surface area contributed by atoms with Gasteiger partial charge < -0.3 is 18.3 Å². The molecule has 20 rings (SSSR count). The van der Waals surface area contributed by atoms with Crippen molar-refractivity contribution in [2.75, 3.05) is 0 Å². The normalized spacial score (nSPS) is 12.0. The Morgan fingerprint density at radius 3 is 0.904 bits per heavy atom. The first-order valence-corrected chi connectivity index (χ1v) is 32.5. The first-order chi connectivity index (χ1) is 46.6. The summed E-state index contributed by atoms with van der Waals surface area (Å²) in [7, 11) is 0. The predicted octanol–water partition coefficient (Wildman–Crippen LogP) is 24.2. The number of rotatable bonds is 8. The van der Waals surface area contributed by atoms with Gasteiger partial charge in [0.1, 0.15) is 0 Å². The molecule has 0 saturated carbocycles. The van der Waals surface area contributed by atoms with E-state index in [0.29, 0.717) is 0 Å². The molecule has 94 heavy (non-hydrogen) atoms. The fraction of sp³-hybridized carbons (Fsp3) is 0. The van der Waals surface area contributed by atoms with Crippen LogP contribution in [0.1, 0.15) is 0 Å². The van der Waals surface area contributed by atoms with E-state index in [-0.39, 0.29) is 0 Å². The van der Waals surface area contributed by atoms with Gasteiger partial charge in [0, 0.05) is 65.8 Å². The molecule has 0 N–H and O–H groups in total. The molecule has 0 aliphatic carbocycles. The number of hydrogen-bond acceptors (Lipinski definition) is 0. The lowest BCUT2D eigenvalue weighted by atomic mass is 9.91. The molecule has 0 fully saturated rings. The maximum absolute atomic E-state index is 2.49. The predicted molar refractivity (Wildman–Crippen MR) is 398 cm³/mol. The summed E-state index contributed by atoms with van der Waals surface area (Å²) >= 11 is 0. The van der Waals surface area contributed by atoms with E-state index in [0.717, 1.165) is 44.9 Å². The van der Waals surface area contributed by atoms with Gasteiger partial charge in [0.25, 0.3) is 0 Å². The molecular weight excluding hydrogens is 1140 g/mol. The quantitative estimate of drug-likeness (QED) is 0.135. The fourth-order valence-corrected chi connectivity index (χ4v) is 15.9. The number of para-hydroxylation sites is 5. The molecule has 0 unspecified atom stereocenters. The lowest BCUT2D eigenvalue weighted by molar-refractivity contribution is 1.17. The fourth-order valence-electron chi connectivity index (χ4n) is 15.9. The summed E-state index contributed by atoms with van der Waals surface area (Å²) in [6.45, 7) is 0. The highest BCUT2D eigenvalue weighted by atomic mass is 15.0. The van der Waals surface area contributed by atoms with Gasteiger partial charge in [0.15, 0.2) is 0 Å². The highest BCUT2D eigenvalue weighted by molar-refractivity contribution is 6.26. The van der Waals surface area contributed by atoms with Gasteiger partial charge in [-0.2, -0.15) is 0 Å². The Bertz CT molecular complexity index is 6440. The number of fused-ring (bicyclic) bond motifs is 18. The summed E-state index contributed by atoms with van der Waals surface area (Å²) in [5, 5.41) is 17.3. The molecule has 0 aliphatic rings. The largest absolute Gasteiger partial charge is 0.309 e. The van der Waals surface area contributed by atoms with Crippen LogP contribution in [0.3, 0.4) is 0 Å². The lowest BCUT2D eigenvalue weighted by Gasteiger charge is -2.15. The third-order valence-electron chi connectivity index (χ3n) is 20.1. The van der Waals surface area contributed by atoms with Gasteiger partial charge >= 0.3 is 0 Å². The van der Waals surface area contributed by atoms with Gasteiger partial charge in [0.2, 0.25) is 0 Å². The van der Waals surface area contributed by atoms with Gasteiger partial charge in [0.05, 0.1) is 44.1 Å². The second-order valence-electron chi connectivity index (χ2n) is 25.2. The monoisotopic (exact) mass is 1190 g/mol. The molecule has 0 aliphatic heterocycles. The van der Waals surface area contributed by atoms with Crippen LogP contribution in [0.25, 0.3) is 187 Å². The summed E-state index contributed by atoms with van der Waals surface area (Å²) in [6, 6.07) is 126. The van der Waals surface area contributed by atoms with Crippen molar-refractivity contribution in [3.8, 4) is 67.3 Å². The first kappa shape index (κ1) is 52.3. The van der Waals surface area contributed by atoms with Gasteiger partial charge in [-0.05, 0) is 192 Å². The summed E-state index contributed by atoms with van der Waals surface area (Å²) in [5.74, 6) is 0. The van der Waals surface area contributed by atoms with E-state index in [1.807, 2.05) is 0 Å². The standard InChI is InChI=1S/C90H56N4/c1-2-19-57(20-3-1)58-21-16-22-59(49-58)60-23-17-24-61(50-60)62-25-18-26-65(51-62)94-89-48-43-68(92-85-36-13-8-31-75(85)76-32-9-14-37-86(76)92)56-82(89)78-45-40-64(53-90(78)94)63-39-44-72-79(52-63)70-28-5-4-27-69(70)71-46-41-66(54-80(71)72)93-87-38-15-10-33-77(87)81-55-67(42-47-88(81)93)91-83-34-11-6-29-73(83)74-30-7-12-35-84(74)91/h1-56H. The van der Waals surface area contributed by atoms with E-state index in [9.17, 15) is 0 Å². The van der Waals surface area contributed by atoms with E-state index in [2.05, 4.69) is 358 Å². The van der Waals surface area contributed by atoms with Crippen molar-refractivity contribution in [2.24, 2.45) is 0 Å². The van der Waals surface area contributed by atoms with Crippen molar-refractivity contribution in [3.63, 3.8) is 0 Å². The molecule has 20 aromatic rings. The highest BCUT2D eigenvalue weighted by Crippen LogP contribution is 2.44. The SMILES string of the molecule is c1ccc(-c2cccc(-c3cccc(-c4cccc(-n5c6ccc(-n7c8ccccc8c8ccccc87)cc6c6ccc(-c7ccc8c(c7)c7ccccc7c7ccc(-n9c%10ccccc%10c%10cc(-n%11c%12ccccc%12c%12ccccc%12%11)ccc%109)cc78)cc65)c4)c3)c2)cc1. The van der Waals surface area contributed by atoms with Crippen LogP contribution in [0.2, 0.25) is 0 Å². The molecular formula is C90H56N4. The molecule has 16 aromatic carbocycles. The molecule has 4 aromatic heterocycles. The van der Waals surface area contributed by atoms with Crippen LogP contribution >= 0.6 is 0 Å². The van der Waals surface area contributed by atoms with Crippen LogP contribution < -0.4 is 0 Å². The Balaban J connectivity index is 0.745. The minimum absolute atomic E-state index is 1.11. The van der Waals surface area contributed by atoms with E-state index in [1.165, 1.54) is 142 Å². The molecule has 4 heterocycles. The van der Waals surface area contributed by atoms with Crippen LogP contribution in [0.5, 0.6) is 0 Å². The minimum Gasteiger partial charge on any atom is -0.309 e. The molecule has 0 spiro atoms. The van der Waals surface area contributed by atoms with Gasteiger partial charge in [-0.25, -0.2) is 0 Å². The zero-order chi connectivity index (χ0) is 61.5. The molecule has 4 heteroatoms. The zero-order valence-corrected chi connectivity index (χ0v) is 51.1. The van der Waals surface area contributed by atoms with Crippen molar-refractivity contribution in [1.29, 1.82) is 0 Å². The van der Waals surface area contributed by atoms with E-state index < -0.39 is 0 Å². The molecule has 0 atom stereocenters. The van der Waals surface area contributed by atoms with Gasteiger partial charge in [-0.1, -0.05) is 224 Å². The van der Waals surface area contributed by atoms with Crippen LogP contribution in [-0.2, 0) is 0 Å². The third kappa shape index (κ3) is 7.93. The molecule has 0 bridgehead atoms. The van der Waals surface area contributed by atoms with Crippen molar-refractivity contribution >= 4 is 120 Å². The van der Waals surface area contributed by atoms with Crippen LogP contribution in [0.15, 0.2) is 340 Å². The molecule has 0 saturated heterocycles. The molecule has 0 radical (unpaired) electrons. The Hall–Kier alpha value is -12.5.